The lowest BCUT2D eigenvalue weighted by Crippen LogP contribution is -2.55. The summed E-state index contributed by atoms with van der Waals surface area (Å²) in [5.41, 5.74) is 21.2. The van der Waals surface area contributed by atoms with E-state index in [0.717, 1.165) is 182 Å². The van der Waals surface area contributed by atoms with Gasteiger partial charge in [0.25, 0.3) is 10.1 Å². The summed E-state index contributed by atoms with van der Waals surface area (Å²) < 4.78 is 85.8. The lowest BCUT2D eigenvalue weighted by atomic mass is 9.81. The second-order valence-corrected chi connectivity index (χ2v) is 41.1. The molecule has 0 aromatic heterocycles. The first-order valence-corrected chi connectivity index (χ1v) is 48.7. The standard InChI is InChI=1S/C34H45N3O5.C31H41N3O5.C28H35N3O3.C13H18O5S/c1-22-12-23(2)14-25(13-22)18-35-10-8-34(9-11-35)30-15-24(3)31-26(16-27(39-6)17-29(31)40-7)19-36(30)32(38)37(34)20-28-21-41-33(4,5)42-28;1-20-10-21(2)12-23(11-20)16-32-8-6-31(7-9-32)28-13-22(3)29-24(14-26(38-4)15-27(29)39-5)17-33(28)30(37)34(31)18-25(36)19-35;1-18-10-19(2)12-21(11-18)16-30-8-6-28(7-9-30)25-13-20(3)26-22(17-31(25)27(32)29-28)14-23(33-4)15-24(26)34-5;1-10-4-6-12(7-5-10)19(14,15)17-9-11-8-16-13(2,3)18-11/h12-17,24,28H,8-11,18-21H2,1-7H3;10-15,22,25,35-36H,6-9,16-19H2,1-5H3;10-15,20H,6-9,16-17H2,1-5H3,(H,29,32);4-7,11H,8-9H2,1-3H3/t24?,28-;22-,25+;;11-/m10.0/s1. The summed E-state index contributed by atoms with van der Waals surface area (Å²) >= 11 is 0. The van der Waals surface area contributed by atoms with E-state index in [4.69, 9.17) is 51.6 Å². The second-order valence-electron chi connectivity index (χ2n) is 39.5. The molecule has 7 aromatic carbocycles. The van der Waals surface area contributed by atoms with Gasteiger partial charge in [-0.1, -0.05) is 145 Å². The van der Waals surface area contributed by atoms with Crippen LogP contribution >= 0.6 is 0 Å². The number of hydrogen-bond acceptors (Lipinski definition) is 21. The molecule has 11 aliphatic rings. The van der Waals surface area contributed by atoms with Crippen LogP contribution in [0.4, 0.5) is 14.4 Å². The Morgan fingerprint density at radius 3 is 1.17 bits per heavy atom. The number of rotatable bonds is 21. The van der Waals surface area contributed by atoms with E-state index in [2.05, 4.69) is 166 Å². The maximum absolute atomic E-state index is 14.4. The third-order valence-corrected chi connectivity index (χ3v) is 29.7. The molecular formula is C106H139N9O18S. The fourth-order valence-electron chi connectivity index (χ4n) is 22.4. The number of ether oxygens (including phenoxy) is 10. The Morgan fingerprint density at radius 2 is 0.806 bits per heavy atom. The third-order valence-electron chi connectivity index (χ3n) is 28.4. The molecule has 3 N–H and O–H groups in total. The summed E-state index contributed by atoms with van der Waals surface area (Å²) in [6.07, 6.45) is 10.4. The number of fused-ring (bicyclic) bond motifs is 9. The molecule has 11 heterocycles. The lowest BCUT2D eigenvalue weighted by molar-refractivity contribution is -0.141. The number of piperidine rings is 3. The normalized spacial score (nSPS) is 22.6. The van der Waals surface area contributed by atoms with Gasteiger partial charge in [-0.2, -0.15) is 8.42 Å². The number of methoxy groups -OCH3 is 6. The molecule has 6 amide bonds. The van der Waals surface area contributed by atoms with E-state index < -0.39 is 38.9 Å². The molecule has 134 heavy (non-hydrogen) atoms. The number of nitrogens with one attached hydrogen (secondary N) is 1. The lowest BCUT2D eigenvalue weighted by Gasteiger charge is -2.45. The van der Waals surface area contributed by atoms with E-state index in [1.54, 1.807) is 68.6 Å². The van der Waals surface area contributed by atoms with Gasteiger partial charge in [-0.3, -0.25) is 33.6 Å². The first-order valence-electron chi connectivity index (χ1n) is 47.3. The van der Waals surface area contributed by atoms with Crippen LogP contribution in [0, 0.1) is 48.5 Å². The largest absolute Gasteiger partial charge is 0.497 e. The zero-order valence-electron chi connectivity index (χ0n) is 82.0. The minimum Gasteiger partial charge on any atom is -0.497 e. The van der Waals surface area contributed by atoms with Crippen molar-refractivity contribution in [2.24, 2.45) is 0 Å². The van der Waals surface area contributed by atoms with Crippen molar-refractivity contribution in [3.8, 4) is 34.5 Å². The molecule has 27 nitrogen and oxygen atoms in total. The molecular weight excluding hydrogens is 1720 g/mol. The van der Waals surface area contributed by atoms with Gasteiger partial charge in [0, 0.05) is 129 Å². The summed E-state index contributed by atoms with van der Waals surface area (Å²) in [4.78, 5) is 59.0. The van der Waals surface area contributed by atoms with Gasteiger partial charge in [-0.25, -0.2) is 14.4 Å². The summed E-state index contributed by atoms with van der Waals surface area (Å²) in [7, 11) is 6.28. The van der Waals surface area contributed by atoms with Crippen molar-refractivity contribution < 1.29 is 84.6 Å². The molecule has 7 aromatic rings. The molecule has 0 radical (unpaired) electrons. The molecule has 8 fully saturated rings. The van der Waals surface area contributed by atoms with Crippen molar-refractivity contribution in [1.29, 1.82) is 0 Å². The Hall–Kier alpha value is -10.1. The zero-order chi connectivity index (χ0) is 95.8. The van der Waals surface area contributed by atoms with Crippen LogP contribution in [0.1, 0.15) is 194 Å². The topological polar surface area (TPSA) is 265 Å². The minimum absolute atomic E-state index is 0.00385. The molecule has 18 rings (SSSR count). The summed E-state index contributed by atoms with van der Waals surface area (Å²) in [5, 5.41) is 23.5. The molecule has 722 valence electrons. The number of amides is 6. The Bertz CT molecular complexity index is 5630. The van der Waals surface area contributed by atoms with Crippen LogP contribution in [0.25, 0.3) is 0 Å². The van der Waals surface area contributed by atoms with E-state index in [1.165, 1.54) is 62.2 Å². The number of allylic oxidation sites excluding steroid dienone is 3. The maximum Gasteiger partial charge on any atom is 0.325 e. The van der Waals surface area contributed by atoms with Crippen molar-refractivity contribution in [3.05, 3.63) is 240 Å². The zero-order valence-corrected chi connectivity index (χ0v) is 82.9. The molecule has 0 bridgehead atoms. The molecule has 28 heteroatoms. The van der Waals surface area contributed by atoms with Crippen LogP contribution < -0.4 is 33.7 Å². The van der Waals surface area contributed by atoms with Crippen molar-refractivity contribution in [2.45, 2.75) is 244 Å². The monoisotopic (exact) mass is 1860 g/mol. The number of aryl methyl sites for hydroxylation is 7. The average molecular weight is 1860 g/mol. The number of likely N-dealkylation sites (tertiary alicyclic amines) is 3. The van der Waals surface area contributed by atoms with Crippen molar-refractivity contribution >= 4 is 28.2 Å². The number of aliphatic hydroxyl groups is 2. The summed E-state index contributed by atoms with van der Waals surface area (Å²) in [6.45, 7) is 39.3. The van der Waals surface area contributed by atoms with E-state index in [9.17, 15) is 33.0 Å². The van der Waals surface area contributed by atoms with Crippen molar-refractivity contribution in [2.75, 3.05) is 121 Å². The predicted molar refractivity (Wildman–Crippen MR) is 514 cm³/mol. The Balaban J connectivity index is 0.000000140. The van der Waals surface area contributed by atoms with Gasteiger partial charge >= 0.3 is 18.1 Å². The smallest absolute Gasteiger partial charge is 0.325 e. The molecule has 8 saturated heterocycles. The van der Waals surface area contributed by atoms with Crippen LogP contribution in [-0.2, 0) is 72.5 Å². The van der Waals surface area contributed by atoms with Crippen LogP contribution in [0.5, 0.6) is 34.5 Å². The number of urea groups is 3. The Morgan fingerprint density at radius 1 is 0.448 bits per heavy atom. The Kier molecular flexibility index (Phi) is 29.6. The fourth-order valence-corrected chi connectivity index (χ4v) is 23.3. The number of carbonyl (C=O) groups excluding carboxylic acids is 3. The molecule has 11 aliphatic heterocycles. The number of hydrogen-bond donors (Lipinski definition) is 3. The molecule has 2 unspecified atom stereocenters. The van der Waals surface area contributed by atoms with E-state index in [1.807, 2.05) is 70.7 Å². The highest BCUT2D eigenvalue weighted by Crippen LogP contribution is 2.54. The maximum atomic E-state index is 14.4. The molecule has 0 saturated carbocycles. The average Bonchev–Trinajstić information content (AvgIpc) is 1.57. The van der Waals surface area contributed by atoms with Gasteiger partial charge in [-0.15, -0.1) is 0 Å². The van der Waals surface area contributed by atoms with Gasteiger partial charge in [-0.05, 0) is 178 Å². The molecule has 3 spiro atoms. The van der Waals surface area contributed by atoms with Gasteiger partial charge in [0.2, 0.25) is 0 Å². The van der Waals surface area contributed by atoms with Crippen LogP contribution in [0.15, 0.2) is 155 Å². The van der Waals surface area contributed by atoms with Crippen LogP contribution in [-0.4, -0.2) is 244 Å². The van der Waals surface area contributed by atoms with Crippen LogP contribution in [0.2, 0.25) is 0 Å². The molecule has 0 aliphatic carbocycles. The number of benzene rings is 7. The predicted octanol–water partition coefficient (Wildman–Crippen LogP) is 16.4. The quantitative estimate of drug-likeness (QED) is 0.0564. The summed E-state index contributed by atoms with van der Waals surface area (Å²) in [6, 6.07) is 38.6. The van der Waals surface area contributed by atoms with Gasteiger partial charge in [0.05, 0.1) is 129 Å². The number of β-amino-alcohol motifs (C(OH)–C–C–N with tert-alkyl or cyclic N) is 1. The van der Waals surface area contributed by atoms with Gasteiger partial charge < -0.3 is 72.7 Å². The highest BCUT2D eigenvalue weighted by molar-refractivity contribution is 7.86. The van der Waals surface area contributed by atoms with Gasteiger partial charge in [0.1, 0.15) is 46.7 Å². The first kappa shape index (κ1) is 98.4. The number of aliphatic hydroxyl groups excluding tert-OH is 2. The number of nitrogens with zero attached hydrogens (tertiary/aromatic N) is 8. The second kappa shape index (κ2) is 40.3. The fraction of sp³-hybridized carbons (Fsp3) is 0.519. The highest BCUT2D eigenvalue weighted by Gasteiger charge is 2.59. The summed E-state index contributed by atoms with van der Waals surface area (Å²) in [5.74, 6) is 3.45. The van der Waals surface area contributed by atoms with Crippen molar-refractivity contribution in [3.63, 3.8) is 0 Å². The molecule has 6 atom stereocenters. The van der Waals surface area contributed by atoms with Gasteiger partial charge in [0.15, 0.2) is 11.6 Å². The third kappa shape index (κ3) is 21.1. The van der Waals surface area contributed by atoms with E-state index >= 15 is 0 Å². The minimum atomic E-state index is -3.74. The highest BCUT2D eigenvalue weighted by atomic mass is 32.2. The van der Waals surface area contributed by atoms with E-state index in [0.29, 0.717) is 45.1 Å². The van der Waals surface area contributed by atoms with Crippen molar-refractivity contribution in [1.82, 2.24) is 44.5 Å². The Labute approximate surface area is 792 Å². The number of carbonyl (C=O) groups is 3. The first-order chi connectivity index (χ1) is 63.8. The van der Waals surface area contributed by atoms with Crippen LogP contribution in [0.3, 0.4) is 0 Å². The van der Waals surface area contributed by atoms with E-state index in [-0.39, 0.29) is 78.2 Å². The SMILES string of the molecule is COc1cc2c(c(OC)c1)C(C)C=C1N(C2)C(=O)N(C[C@@H]2COC(C)(C)O2)C12CCN(Cc1cc(C)cc(C)c1)CC2.COc1cc2c(c(OC)c1)C(C)C=C1N(C2)C(=O)NC12CCN(Cc1cc(C)cc(C)c1)CC2.COc1cc2c(c(OC)c1)[C@@H](C)C=C1N(C2)C(=O)N(C[C@@H](O)CO)C12CCN(Cc1cc(C)cc(C)c1)CC2.Cc1ccc(S(=O)(=O)OC[C@@H]2COC(C)(C)O2)cc1.